The van der Waals surface area contributed by atoms with Crippen molar-refractivity contribution >= 4 is 21.8 Å². The van der Waals surface area contributed by atoms with Gasteiger partial charge >= 0.3 is 0 Å². The maximum absolute atomic E-state index is 11.9. The van der Waals surface area contributed by atoms with Crippen LogP contribution in [0.4, 0.5) is 11.8 Å². The monoisotopic (exact) mass is 361 g/mol. The molecule has 3 rings (SSSR count). The summed E-state index contributed by atoms with van der Waals surface area (Å²) in [5.41, 5.74) is 0.998. The van der Waals surface area contributed by atoms with Crippen molar-refractivity contribution in [2.45, 2.75) is 26.2 Å². The molecule has 0 spiro atoms. The van der Waals surface area contributed by atoms with Crippen molar-refractivity contribution in [2.75, 3.05) is 24.2 Å². The number of nitrogens with zero attached hydrogens (tertiary/aromatic N) is 4. The van der Waals surface area contributed by atoms with Gasteiger partial charge in [0.05, 0.1) is 5.75 Å². The second-order valence-corrected chi connectivity index (χ2v) is 8.42. The van der Waals surface area contributed by atoms with E-state index < -0.39 is 10.0 Å². The van der Waals surface area contributed by atoms with Crippen molar-refractivity contribution in [3.05, 3.63) is 42.4 Å². The smallest absolute Gasteiger partial charge is 0.228 e. The lowest BCUT2D eigenvalue weighted by atomic mass is 9.93. The Hall–Kier alpha value is -2.06. The highest BCUT2D eigenvalue weighted by Gasteiger charge is 2.26. The van der Waals surface area contributed by atoms with Gasteiger partial charge in [-0.05, 0) is 50.3 Å². The Balaban J connectivity index is 1.58. The van der Waals surface area contributed by atoms with E-state index in [4.69, 9.17) is 0 Å². The Morgan fingerprint density at radius 3 is 2.56 bits per heavy atom. The quantitative estimate of drug-likeness (QED) is 0.849. The summed E-state index contributed by atoms with van der Waals surface area (Å²) in [6.45, 7) is 2.91. The number of hydrogen-bond donors (Lipinski definition) is 1. The zero-order valence-electron chi connectivity index (χ0n) is 14.3. The molecule has 2 aromatic rings. The van der Waals surface area contributed by atoms with Crippen LogP contribution in [0.25, 0.3) is 0 Å². The Morgan fingerprint density at radius 2 is 1.88 bits per heavy atom. The SMILES string of the molecule is CCS(=O)(=O)N1CCC(Cc2cccc(Nc3ncccn3)n2)CC1. The maximum Gasteiger partial charge on any atom is 0.228 e. The fourth-order valence-electron chi connectivity index (χ4n) is 3.01. The normalized spacial score (nSPS) is 16.7. The summed E-state index contributed by atoms with van der Waals surface area (Å²) in [6.07, 6.45) is 5.96. The van der Waals surface area contributed by atoms with Crippen LogP contribution in [0, 0.1) is 5.92 Å². The van der Waals surface area contributed by atoms with Crippen molar-refractivity contribution in [1.82, 2.24) is 19.3 Å². The van der Waals surface area contributed by atoms with Gasteiger partial charge in [0.25, 0.3) is 0 Å². The Bertz CT molecular complexity index is 790. The van der Waals surface area contributed by atoms with Crippen molar-refractivity contribution < 1.29 is 8.42 Å². The van der Waals surface area contributed by atoms with Gasteiger partial charge in [-0.1, -0.05) is 6.07 Å². The highest BCUT2D eigenvalue weighted by Crippen LogP contribution is 2.23. The van der Waals surface area contributed by atoms with Crippen LogP contribution in [0.3, 0.4) is 0 Å². The number of nitrogens with one attached hydrogen (secondary N) is 1. The Kier molecular flexibility index (Phi) is 5.60. The Morgan fingerprint density at radius 1 is 1.16 bits per heavy atom. The summed E-state index contributed by atoms with van der Waals surface area (Å²) in [4.78, 5) is 12.9. The summed E-state index contributed by atoms with van der Waals surface area (Å²) >= 11 is 0. The molecule has 2 aromatic heterocycles. The lowest BCUT2D eigenvalue weighted by molar-refractivity contribution is 0.272. The van der Waals surface area contributed by atoms with E-state index in [0.29, 0.717) is 25.0 Å². The fourth-order valence-corrected chi connectivity index (χ4v) is 4.14. The lowest BCUT2D eigenvalue weighted by Gasteiger charge is -2.30. The molecule has 134 valence electrons. The molecule has 0 aliphatic carbocycles. The number of aromatic nitrogens is 3. The van der Waals surface area contributed by atoms with Crippen LogP contribution in [0.2, 0.25) is 0 Å². The number of piperidine rings is 1. The summed E-state index contributed by atoms with van der Waals surface area (Å²) in [7, 11) is -3.07. The van der Waals surface area contributed by atoms with E-state index in [1.54, 1.807) is 29.7 Å². The predicted octanol–water partition coefficient (Wildman–Crippen LogP) is 2.22. The molecule has 1 fully saturated rings. The van der Waals surface area contributed by atoms with Gasteiger partial charge in [-0.15, -0.1) is 0 Å². The van der Waals surface area contributed by atoms with Gasteiger partial charge in [-0.3, -0.25) is 0 Å². The first-order valence-electron chi connectivity index (χ1n) is 8.54. The molecule has 1 N–H and O–H groups in total. The summed E-state index contributed by atoms with van der Waals surface area (Å²) < 4.78 is 25.5. The first-order chi connectivity index (χ1) is 12.1. The summed E-state index contributed by atoms with van der Waals surface area (Å²) in [5.74, 6) is 1.87. The van der Waals surface area contributed by atoms with E-state index in [0.717, 1.165) is 30.8 Å². The van der Waals surface area contributed by atoms with E-state index in [2.05, 4.69) is 20.3 Å². The van der Waals surface area contributed by atoms with Crippen molar-refractivity contribution in [1.29, 1.82) is 0 Å². The average Bonchev–Trinajstić information content (AvgIpc) is 2.63. The zero-order chi connectivity index (χ0) is 17.7. The molecule has 0 atom stereocenters. The molecule has 1 aliphatic heterocycles. The number of hydrogen-bond acceptors (Lipinski definition) is 6. The molecule has 0 saturated carbocycles. The molecule has 1 aliphatic rings. The summed E-state index contributed by atoms with van der Waals surface area (Å²) in [6, 6.07) is 7.62. The van der Waals surface area contributed by atoms with Crippen LogP contribution in [0.15, 0.2) is 36.7 Å². The Labute approximate surface area is 148 Å². The van der Waals surface area contributed by atoms with Gasteiger partial charge in [0, 0.05) is 31.2 Å². The second kappa shape index (κ2) is 7.88. The number of pyridine rings is 1. The lowest BCUT2D eigenvalue weighted by Crippen LogP contribution is -2.39. The van der Waals surface area contributed by atoms with E-state index in [9.17, 15) is 8.42 Å². The van der Waals surface area contributed by atoms with Gasteiger partial charge in [-0.25, -0.2) is 27.7 Å². The highest BCUT2D eigenvalue weighted by atomic mass is 32.2. The van der Waals surface area contributed by atoms with E-state index in [-0.39, 0.29) is 5.75 Å². The molecule has 0 radical (unpaired) electrons. The van der Waals surface area contributed by atoms with Crippen LogP contribution in [-0.2, 0) is 16.4 Å². The molecule has 8 heteroatoms. The minimum Gasteiger partial charge on any atom is -0.309 e. The molecule has 25 heavy (non-hydrogen) atoms. The van der Waals surface area contributed by atoms with Crippen LogP contribution in [0.5, 0.6) is 0 Å². The standard InChI is InChI=1S/C17H23N5O2S/c1-2-25(23,24)22-11-7-14(8-12-22)13-15-5-3-6-16(20-15)21-17-18-9-4-10-19-17/h3-6,9-10,14H,2,7-8,11-13H2,1H3,(H,18,19,20,21). The van der Waals surface area contributed by atoms with Gasteiger partial charge in [-0.2, -0.15) is 0 Å². The minimum absolute atomic E-state index is 0.175. The maximum atomic E-state index is 11.9. The van der Waals surface area contributed by atoms with Gasteiger partial charge in [0.2, 0.25) is 16.0 Å². The minimum atomic E-state index is -3.07. The molecule has 0 aromatic carbocycles. The van der Waals surface area contributed by atoms with Gasteiger partial charge in [0.15, 0.2) is 0 Å². The second-order valence-electron chi connectivity index (χ2n) is 6.16. The molecule has 7 nitrogen and oxygen atoms in total. The van der Waals surface area contributed by atoms with Gasteiger partial charge < -0.3 is 5.32 Å². The van der Waals surface area contributed by atoms with Crippen LogP contribution in [0.1, 0.15) is 25.5 Å². The van der Waals surface area contributed by atoms with E-state index in [1.165, 1.54) is 0 Å². The predicted molar refractivity (Wildman–Crippen MR) is 97.0 cm³/mol. The van der Waals surface area contributed by atoms with Crippen LogP contribution >= 0.6 is 0 Å². The molecular formula is C17H23N5O2S. The highest BCUT2D eigenvalue weighted by molar-refractivity contribution is 7.89. The van der Waals surface area contributed by atoms with Gasteiger partial charge in [0.1, 0.15) is 5.82 Å². The topological polar surface area (TPSA) is 88.1 Å². The molecule has 0 amide bonds. The van der Waals surface area contributed by atoms with Crippen molar-refractivity contribution in [3.63, 3.8) is 0 Å². The summed E-state index contributed by atoms with van der Waals surface area (Å²) in [5, 5.41) is 3.10. The van der Waals surface area contributed by atoms with Crippen LogP contribution in [-0.4, -0.2) is 46.5 Å². The average molecular weight is 361 g/mol. The molecule has 1 saturated heterocycles. The van der Waals surface area contributed by atoms with E-state index in [1.807, 2.05) is 18.2 Å². The zero-order valence-corrected chi connectivity index (χ0v) is 15.1. The molecular weight excluding hydrogens is 338 g/mol. The number of rotatable bonds is 6. The van der Waals surface area contributed by atoms with Crippen LogP contribution < -0.4 is 5.32 Å². The third-order valence-electron chi connectivity index (χ3n) is 4.44. The number of sulfonamides is 1. The molecule has 0 bridgehead atoms. The first-order valence-corrected chi connectivity index (χ1v) is 10.2. The molecule has 3 heterocycles. The largest absolute Gasteiger partial charge is 0.309 e. The fraction of sp³-hybridized carbons (Fsp3) is 0.471. The third-order valence-corrected chi connectivity index (χ3v) is 6.32. The first kappa shape index (κ1) is 17.8. The number of anilines is 2. The van der Waals surface area contributed by atoms with Crippen molar-refractivity contribution in [2.24, 2.45) is 5.92 Å². The molecule has 0 unspecified atom stereocenters. The third kappa shape index (κ3) is 4.73. The van der Waals surface area contributed by atoms with Crippen molar-refractivity contribution in [3.8, 4) is 0 Å². The van der Waals surface area contributed by atoms with E-state index >= 15 is 0 Å².